The normalized spacial score (nSPS) is 16.9. The molecule has 28 heavy (non-hydrogen) atoms. The van der Waals surface area contributed by atoms with Crippen LogP contribution < -0.4 is 19.9 Å². The van der Waals surface area contributed by atoms with Crippen molar-refractivity contribution in [3.8, 4) is 11.5 Å². The maximum absolute atomic E-state index is 10.4. The number of carboxylic acids is 2. The number of aliphatic hydroxyl groups excluding tert-OH is 1. The highest BCUT2D eigenvalue weighted by Gasteiger charge is 2.25. The molecule has 0 bridgehead atoms. The van der Waals surface area contributed by atoms with E-state index in [1.807, 2.05) is 61.5 Å². The first-order chi connectivity index (χ1) is 13.4. The highest BCUT2D eigenvalue weighted by atomic mass is 16.6. The van der Waals surface area contributed by atoms with Crippen LogP contribution in [0.3, 0.4) is 0 Å². The summed E-state index contributed by atoms with van der Waals surface area (Å²) in [5, 5.41) is 28.8. The third kappa shape index (κ3) is 6.26. The van der Waals surface area contributed by atoms with Crippen LogP contribution in [0.1, 0.15) is 18.6 Å². The summed E-state index contributed by atoms with van der Waals surface area (Å²) in [6, 6.07) is 17.5. The maximum Gasteiger partial charge on any atom is 0.351 e. The Morgan fingerprint density at radius 2 is 1.71 bits per heavy atom. The largest absolute Gasteiger partial charge is 0.539 e. The van der Waals surface area contributed by atoms with Gasteiger partial charge in [-0.25, -0.2) is 4.79 Å². The molecule has 0 radical (unpaired) electrons. The van der Waals surface area contributed by atoms with Gasteiger partial charge in [0.25, 0.3) is 0 Å². The fourth-order valence-corrected chi connectivity index (χ4v) is 2.63. The number of benzene rings is 2. The van der Waals surface area contributed by atoms with Gasteiger partial charge in [0.1, 0.15) is 25.3 Å². The Balaban J connectivity index is 0.000000409. The number of hydrogen-bond acceptors (Lipinski definition) is 6. The van der Waals surface area contributed by atoms with Crippen LogP contribution in [-0.2, 0) is 9.59 Å². The Labute approximate surface area is 162 Å². The molecule has 1 aliphatic rings. The molecule has 4 N–H and O–H groups in total. The van der Waals surface area contributed by atoms with Gasteiger partial charge in [-0.1, -0.05) is 42.5 Å². The van der Waals surface area contributed by atoms with Crippen LogP contribution in [0.15, 0.2) is 54.6 Å². The van der Waals surface area contributed by atoms with E-state index in [1.165, 1.54) is 0 Å². The van der Waals surface area contributed by atoms with Crippen LogP contribution in [0.5, 0.6) is 11.5 Å². The second kappa shape index (κ2) is 10.3. The van der Waals surface area contributed by atoms with E-state index < -0.39 is 18.0 Å². The van der Waals surface area contributed by atoms with Gasteiger partial charge in [0.15, 0.2) is 23.6 Å². The number of para-hydroxylation sites is 2. The Morgan fingerprint density at radius 1 is 1.14 bits per heavy atom. The van der Waals surface area contributed by atoms with Crippen LogP contribution in [0.2, 0.25) is 0 Å². The van der Waals surface area contributed by atoms with Crippen LogP contribution in [0.25, 0.3) is 0 Å². The van der Waals surface area contributed by atoms with Crippen molar-refractivity contribution in [1.82, 2.24) is 0 Å². The maximum atomic E-state index is 10.4. The molecular formula is C20H23NO7. The predicted molar refractivity (Wildman–Crippen MR) is 96.7 cm³/mol. The van der Waals surface area contributed by atoms with E-state index in [4.69, 9.17) is 29.3 Å². The Kier molecular flexibility index (Phi) is 7.79. The van der Waals surface area contributed by atoms with E-state index in [-0.39, 0.29) is 12.1 Å². The lowest BCUT2D eigenvalue weighted by molar-refractivity contribution is -0.699. The first-order valence-electron chi connectivity index (χ1n) is 8.77. The van der Waals surface area contributed by atoms with Gasteiger partial charge in [-0.3, -0.25) is 0 Å². The summed E-state index contributed by atoms with van der Waals surface area (Å²) in [6.07, 6.45) is -0.488. The molecule has 0 saturated heterocycles. The highest BCUT2D eigenvalue weighted by Crippen LogP contribution is 2.30. The minimum atomic E-state index is -2.07. The molecule has 8 heteroatoms. The molecule has 0 fully saturated rings. The average Bonchev–Trinajstić information content (AvgIpc) is 2.72. The molecule has 3 rings (SSSR count). The number of aliphatic carboxylic acids is 2. The molecule has 1 heterocycles. The lowest BCUT2D eigenvalue weighted by Gasteiger charge is -2.27. The van der Waals surface area contributed by atoms with Gasteiger partial charge in [-0.15, -0.1) is 0 Å². The standard InChI is InChI=1S/C18H21NO3.C2H2O4/c1-13(18(20)14-7-3-2-4-8-14)19-11-15-12-21-16-9-5-6-10-17(16)22-15;3-1(4)2(5)6/h2-10,13,15,18-20H,11-12H2,1H3;(H,3,4)(H,5,6). The summed E-state index contributed by atoms with van der Waals surface area (Å²) in [5.74, 6) is -2.41. The van der Waals surface area contributed by atoms with E-state index in [0.717, 1.165) is 23.6 Å². The van der Waals surface area contributed by atoms with Crippen molar-refractivity contribution in [3.63, 3.8) is 0 Å². The molecule has 3 atom stereocenters. The zero-order valence-corrected chi connectivity index (χ0v) is 15.4. The van der Waals surface area contributed by atoms with E-state index in [0.29, 0.717) is 6.61 Å². The number of carbonyl (C=O) groups excluding carboxylic acids is 1. The average molecular weight is 389 g/mol. The van der Waals surface area contributed by atoms with Crippen LogP contribution >= 0.6 is 0 Å². The van der Waals surface area contributed by atoms with Gasteiger partial charge >= 0.3 is 5.97 Å². The summed E-state index contributed by atoms with van der Waals surface area (Å²) >= 11 is 0. The second-order valence-corrected chi connectivity index (χ2v) is 6.28. The quantitative estimate of drug-likeness (QED) is 0.578. The minimum Gasteiger partial charge on any atom is -0.539 e. The summed E-state index contributed by atoms with van der Waals surface area (Å²) in [6.45, 7) is 3.32. The van der Waals surface area contributed by atoms with E-state index in [1.54, 1.807) is 0 Å². The molecule has 150 valence electrons. The predicted octanol–water partition coefficient (Wildman–Crippen LogP) is -0.667. The molecule has 2 aromatic carbocycles. The molecule has 2 aromatic rings. The van der Waals surface area contributed by atoms with Crippen molar-refractivity contribution in [2.45, 2.75) is 25.2 Å². The van der Waals surface area contributed by atoms with Gasteiger partial charge in [-0.2, -0.15) is 0 Å². The molecule has 0 aromatic heterocycles. The monoisotopic (exact) mass is 389 g/mol. The first kappa shape index (κ1) is 21.2. The zero-order valence-electron chi connectivity index (χ0n) is 15.4. The number of rotatable bonds is 5. The fourth-order valence-electron chi connectivity index (χ4n) is 2.63. The fraction of sp³-hybridized carbons (Fsp3) is 0.300. The van der Waals surface area contributed by atoms with E-state index >= 15 is 0 Å². The molecule has 0 aliphatic carbocycles. The van der Waals surface area contributed by atoms with Crippen LogP contribution in [-0.4, -0.2) is 47.4 Å². The Morgan fingerprint density at radius 3 is 2.32 bits per heavy atom. The number of fused-ring (bicyclic) bond motifs is 1. The van der Waals surface area contributed by atoms with E-state index in [9.17, 15) is 5.11 Å². The Bertz CT molecular complexity index is 767. The van der Waals surface area contributed by atoms with Crippen molar-refractivity contribution in [3.05, 3.63) is 60.2 Å². The molecule has 8 nitrogen and oxygen atoms in total. The van der Waals surface area contributed by atoms with Gasteiger partial charge < -0.3 is 34.9 Å². The number of hydrogen-bond donors (Lipinski definition) is 3. The Hall–Kier alpha value is -3.10. The van der Waals surface area contributed by atoms with E-state index in [2.05, 4.69) is 5.32 Å². The molecule has 0 saturated carbocycles. The third-order valence-electron chi connectivity index (χ3n) is 4.15. The smallest absolute Gasteiger partial charge is 0.351 e. The first-order valence-corrected chi connectivity index (χ1v) is 8.77. The van der Waals surface area contributed by atoms with Crippen molar-refractivity contribution >= 4 is 11.9 Å². The second-order valence-electron chi connectivity index (χ2n) is 6.28. The number of nitrogens with two attached hydrogens (primary N) is 1. The lowest BCUT2D eigenvalue weighted by Crippen LogP contribution is -2.92. The summed E-state index contributed by atoms with van der Waals surface area (Å²) < 4.78 is 11.6. The summed E-state index contributed by atoms with van der Waals surface area (Å²) in [5.41, 5.74) is 0.942. The minimum absolute atomic E-state index is 0.000299. The van der Waals surface area contributed by atoms with Gasteiger partial charge in [0.2, 0.25) is 0 Å². The zero-order chi connectivity index (χ0) is 20.5. The van der Waals surface area contributed by atoms with Gasteiger partial charge in [0.05, 0.1) is 0 Å². The SMILES string of the molecule is CC([NH2+]CC1COc2ccccc2O1)C(O)c1ccccc1.O=C([O-])C(=O)O. The molecule has 0 amide bonds. The molecular weight excluding hydrogens is 366 g/mol. The topological polar surface area (TPSA) is 133 Å². The number of carboxylic acid groups (broad SMARTS) is 2. The molecule has 0 spiro atoms. The molecule has 1 aliphatic heterocycles. The van der Waals surface area contributed by atoms with Crippen LogP contribution in [0, 0.1) is 0 Å². The third-order valence-corrected chi connectivity index (χ3v) is 4.15. The summed E-state index contributed by atoms with van der Waals surface area (Å²) in [4.78, 5) is 18.0. The number of carbonyl (C=O) groups is 2. The number of ether oxygens (including phenoxy) is 2. The molecule has 3 unspecified atom stereocenters. The highest BCUT2D eigenvalue weighted by molar-refractivity contribution is 6.26. The number of quaternary nitrogens is 1. The number of aliphatic hydroxyl groups is 1. The van der Waals surface area contributed by atoms with Crippen LogP contribution in [0.4, 0.5) is 0 Å². The van der Waals surface area contributed by atoms with Gasteiger partial charge in [0, 0.05) is 0 Å². The van der Waals surface area contributed by atoms with Gasteiger partial charge in [-0.05, 0) is 24.6 Å². The van der Waals surface area contributed by atoms with Crippen molar-refractivity contribution in [2.75, 3.05) is 13.2 Å². The van der Waals surface area contributed by atoms with Crippen molar-refractivity contribution in [2.24, 2.45) is 0 Å². The lowest BCUT2D eigenvalue weighted by atomic mass is 10.0. The van der Waals surface area contributed by atoms with Crippen molar-refractivity contribution in [1.29, 1.82) is 0 Å². The van der Waals surface area contributed by atoms with Crippen molar-refractivity contribution < 1.29 is 39.7 Å². The summed E-state index contributed by atoms with van der Waals surface area (Å²) in [7, 11) is 0.